The molecule has 110 valence electrons. The first-order valence-electron chi connectivity index (χ1n) is 6.85. The van der Waals surface area contributed by atoms with E-state index in [1.54, 1.807) is 0 Å². The van der Waals surface area contributed by atoms with Gasteiger partial charge in [-0.2, -0.15) is 0 Å². The van der Waals surface area contributed by atoms with Crippen molar-refractivity contribution < 1.29 is 9.47 Å². The van der Waals surface area contributed by atoms with Crippen molar-refractivity contribution in [2.75, 3.05) is 6.61 Å². The van der Waals surface area contributed by atoms with Crippen molar-refractivity contribution in [2.45, 2.75) is 24.8 Å². The Kier molecular flexibility index (Phi) is 4.27. The standard InChI is InChI=1S/C17H16Br2O2/c1-10-8-13(18)11(2)7-12(10)17(19)16-9-20-14-5-3-4-6-15(14)21-16/h3-8,16-17H,9H2,1-2H3. The molecule has 2 aromatic carbocycles. The van der Waals surface area contributed by atoms with E-state index in [1.807, 2.05) is 24.3 Å². The lowest BCUT2D eigenvalue weighted by atomic mass is 10.00. The van der Waals surface area contributed by atoms with Gasteiger partial charge in [-0.25, -0.2) is 0 Å². The summed E-state index contributed by atoms with van der Waals surface area (Å²) in [6.45, 7) is 4.76. The number of para-hydroxylation sites is 2. The zero-order chi connectivity index (χ0) is 15.0. The monoisotopic (exact) mass is 410 g/mol. The fourth-order valence-electron chi connectivity index (χ4n) is 2.48. The molecule has 1 heterocycles. The lowest BCUT2D eigenvalue weighted by molar-refractivity contribution is 0.0903. The van der Waals surface area contributed by atoms with Gasteiger partial charge in [-0.05, 0) is 48.7 Å². The van der Waals surface area contributed by atoms with E-state index in [-0.39, 0.29) is 10.9 Å². The normalized spacial score (nSPS) is 18.4. The van der Waals surface area contributed by atoms with Crippen LogP contribution in [0, 0.1) is 13.8 Å². The number of rotatable bonds is 2. The molecule has 2 unspecified atom stereocenters. The molecule has 1 aliphatic heterocycles. The number of fused-ring (bicyclic) bond motifs is 1. The lowest BCUT2D eigenvalue weighted by Gasteiger charge is -2.30. The van der Waals surface area contributed by atoms with E-state index in [0.29, 0.717) is 6.61 Å². The molecule has 0 spiro atoms. The molecule has 2 aromatic rings. The van der Waals surface area contributed by atoms with Crippen molar-refractivity contribution >= 4 is 31.9 Å². The number of hydrogen-bond donors (Lipinski definition) is 0. The Morgan fingerprint density at radius 2 is 1.81 bits per heavy atom. The van der Waals surface area contributed by atoms with Gasteiger partial charge in [0.25, 0.3) is 0 Å². The Hall–Kier alpha value is -1.00. The maximum absolute atomic E-state index is 6.09. The van der Waals surface area contributed by atoms with E-state index in [0.717, 1.165) is 16.0 Å². The van der Waals surface area contributed by atoms with Crippen LogP contribution in [0.4, 0.5) is 0 Å². The van der Waals surface area contributed by atoms with Gasteiger partial charge in [-0.15, -0.1) is 0 Å². The highest BCUT2D eigenvalue weighted by Gasteiger charge is 2.29. The third kappa shape index (κ3) is 2.97. The van der Waals surface area contributed by atoms with Crippen molar-refractivity contribution in [1.82, 2.24) is 0 Å². The molecule has 3 rings (SSSR count). The summed E-state index contributed by atoms with van der Waals surface area (Å²) in [4.78, 5) is 0.0951. The second-order valence-electron chi connectivity index (χ2n) is 5.27. The summed E-state index contributed by atoms with van der Waals surface area (Å²) in [6, 6.07) is 12.1. The average Bonchev–Trinajstić information content (AvgIpc) is 2.50. The third-order valence-electron chi connectivity index (χ3n) is 3.70. The maximum atomic E-state index is 6.09. The van der Waals surface area contributed by atoms with Crippen LogP contribution in [-0.4, -0.2) is 12.7 Å². The molecule has 0 amide bonds. The summed E-state index contributed by atoms with van der Waals surface area (Å²) in [5.74, 6) is 1.63. The van der Waals surface area contributed by atoms with Crippen LogP contribution in [0.5, 0.6) is 11.5 Å². The first-order valence-corrected chi connectivity index (χ1v) is 8.56. The Morgan fingerprint density at radius 3 is 2.57 bits per heavy atom. The van der Waals surface area contributed by atoms with Crippen LogP contribution in [0.15, 0.2) is 40.9 Å². The van der Waals surface area contributed by atoms with Crippen molar-refractivity contribution in [2.24, 2.45) is 0 Å². The highest BCUT2D eigenvalue weighted by molar-refractivity contribution is 9.10. The fourth-order valence-corrected chi connectivity index (χ4v) is 3.69. The molecule has 0 saturated carbocycles. The highest BCUT2D eigenvalue weighted by Crippen LogP contribution is 2.39. The molecule has 0 fully saturated rings. The molecule has 1 aliphatic rings. The van der Waals surface area contributed by atoms with Gasteiger partial charge >= 0.3 is 0 Å². The Balaban J connectivity index is 1.87. The van der Waals surface area contributed by atoms with E-state index >= 15 is 0 Å². The van der Waals surface area contributed by atoms with Crippen LogP contribution in [0.2, 0.25) is 0 Å². The number of halogens is 2. The molecule has 21 heavy (non-hydrogen) atoms. The van der Waals surface area contributed by atoms with Gasteiger partial charge in [0.1, 0.15) is 12.7 Å². The zero-order valence-corrected chi connectivity index (χ0v) is 15.1. The molecule has 0 aromatic heterocycles. The molecular formula is C17H16Br2O2. The predicted octanol–water partition coefficient (Wildman–Crippen LogP) is 5.34. The van der Waals surface area contributed by atoms with Crippen molar-refractivity contribution in [3.8, 4) is 11.5 Å². The SMILES string of the molecule is Cc1cc(C(Br)C2COc3ccccc3O2)c(C)cc1Br. The van der Waals surface area contributed by atoms with Gasteiger partial charge in [0.2, 0.25) is 0 Å². The van der Waals surface area contributed by atoms with Crippen LogP contribution in [-0.2, 0) is 0 Å². The van der Waals surface area contributed by atoms with Gasteiger partial charge < -0.3 is 9.47 Å². The van der Waals surface area contributed by atoms with Gasteiger partial charge in [0.15, 0.2) is 11.5 Å². The summed E-state index contributed by atoms with van der Waals surface area (Å²) in [7, 11) is 0. The van der Waals surface area contributed by atoms with Crippen LogP contribution in [0.1, 0.15) is 21.5 Å². The van der Waals surface area contributed by atoms with Crippen molar-refractivity contribution in [3.05, 3.63) is 57.6 Å². The lowest BCUT2D eigenvalue weighted by Crippen LogP contribution is -2.32. The molecule has 0 aliphatic carbocycles. The first-order chi connectivity index (χ1) is 10.1. The molecule has 0 N–H and O–H groups in total. The molecule has 2 nitrogen and oxygen atoms in total. The summed E-state index contributed by atoms with van der Waals surface area (Å²) < 4.78 is 13.0. The quantitative estimate of drug-likeness (QED) is 0.620. The Labute approximate surface area is 141 Å². The number of hydrogen-bond acceptors (Lipinski definition) is 2. The number of ether oxygens (including phenoxy) is 2. The van der Waals surface area contributed by atoms with Crippen LogP contribution in [0.3, 0.4) is 0 Å². The average molecular weight is 412 g/mol. The molecule has 0 bridgehead atoms. The van der Waals surface area contributed by atoms with Gasteiger partial charge in [-0.1, -0.05) is 50.1 Å². The fraction of sp³-hybridized carbons (Fsp3) is 0.294. The van der Waals surface area contributed by atoms with Crippen molar-refractivity contribution in [1.29, 1.82) is 0 Å². The summed E-state index contributed by atoms with van der Waals surface area (Å²) >= 11 is 7.36. The second-order valence-corrected chi connectivity index (χ2v) is 7.11. The first kappa shape index (κ1) is 14.9. The van der Waals surface area contributed by atoms with E-state index in [9.17, 15) is 0 Å². The highest BCUT2D eigenvalue weighted by atomic mass is 79.9. The summed E-state index contributed by atoms with van der Waals surface area (Å²) in [6.07, 6.45) is -0.0424. The maximum Gasteiger partial charge on any atom is 0.161 e. The van der Waals surface area contributed by atoms with Gasteiger partial charge in [0.05, 0.1) is 4.83 Å². The van der Waals surface area contributed by atoms with E-state index in [1.165, 1.54) is 16.7 Å². The largest absolute Gasteiger partial charge is 0.486 e. The van der Waals surface area contributed by atoms with Gasteiger partial charge in [-0.3, -0.25) is 0 Å². The molecule has 0 saturated heterocycles. The number of alkyl halides is 1. The van der Waals surface area contributed by atoms with Crippen molar-refractivity contribution in [3.63, 3.8) is 0 Å². The molecule has 4 heteroatoms. The second kappa shape index (κ2) is 6.01. The van der Waals surface area contributed by atoms with Crippen LogP contribution >= 0.6 is 31.9 Å². The molecular weight excluding hydrogens is 396 g/mol. The zero-order valence-electron chi connectivity index (χ0n) is 11.9. The van der Waals surface area contributed by atoms with Gasteiger partial charge in [0, 0.05) is 4.47 Å². The molecule has 0 radical (unpaired) electrons. The third-order valence-corrected chi connectivity index (χ3v) is 5.64. The minimum absolute atomic E-state index is 0.0424. The number of benzene rings is 2. The van der Waals surface area contributed by atoms with Crippen LogP contribution in [0.25, 0.3) is 0 Å². The van der Waals surface area contributed by atoms with Crippen LogP contribution < -0.4 is 9.47 Å². The minimum atomic E-state index is -0.0424. The Morgan fingerprint density at radius 1 is 1.10 bits per heavy atom. The minimum Gasteiger partial charge on any atom is -0.486 e. The van der Waals surface area contributed by atoms with E-state index < -0.39 is 0 Å². The summed E-state index contributed by atoms with van der Waals surface area (Å²) in [5.41, 5.74) is 3.69. The van der Waals surface area contributed by atoms with E-state index in [2.05, 4.69) is 57.8 Å². The molecule has 2 atom stereocenters. The Bertz CT molecular complexity index is 670. The predicted molar refractivity (Wildman–Crippen MR) is 91.6 cm³/mol. The van der Waals surface area contributed by atoms with E-state index in [4.69, 9.17) is 9.47 Å². The smallest absolute Gasteiger partial charge is 0.161 e. The topological polar surface area (TPSA) is 18.5 Å². The summed E-state index contributed by atoms with van der Waals surface area (Å²) in [5, 5.41) is 0. The number of aryl methyl sites for hydroxylation is 2.